The topological polar surface area (TPSA) is 83.2 Å². The van der Waals surface area contributed by atoms with Crippen LogP contribution in [0.15, 0.2) is 42.6 Å². The summed E-state index contributed by atoms with van der Waals surface area (Å²) in [5.41, 5.74) is 3.96. The Hall–Kier alpha value is -3.13. The number of anilines is 2. The van der Waals surface area contributed by atoms with E-state index >= 15 is 0 Å². The molecule has 8 nitrogen and oxygen atoms in total. The molecule has 0 amide bonds. The lowest BCUT2D eigenvalue weighted by Crippen LogP contribution is -2.29. The maximum atomic E-state index is 12.6. The minimum Gasteiger partial charge on any atom is -0.406 e. The first-order valence-corrected chi connectivity index (χ1v) is 14.0. The fraction of sp³-hybridized carbons (Fsp3) is 0.385. The van der Waals surface area contributed by atoms with Crippen LogP contribution < -0.4 is 9.64 Å². The standard InChI is InChI=1S/C26H27F3N5O3S2/c1-3-20-24(34-14-18(6-9-22(34)30-20)16-10-12-33(39-36)13-11-16)32(2)25-31-23(21(15-35)38-25)17-4-7-19(8-5-17)37-26(27,28)29/h4-9,14,16,35H,3,10-13,15H2,1-2H3/q+1. The number of hydrogen-bond donors (Lipinski definition) is 1. The highest BCUT2D eigenvalue weighted by Gasteiger charge is 2.31. The van der Waals surface area contributed by atoms with Gasteiger partial charge in [0.1, 0.15) is 17.2 Å². The number of ether oxygens (including phenoxy) is 1. The van der Waals surface area contributed by atoms with Crippen molar-refractivity contribution in [1.29, 1.82) is 0 Å². The van der Waals surface area contributed by atoms with Crippen LogP contribution in [0.1, 0.15) is 41.8 Å². The van der Waals surface area contributed by atoms with Crippen molar-refractivity contribution < 1.29 is 27.2 Å². The molecule has 39 heavy (non-hydrogen) atoms. The highest BCUT2D eigenvalue weighted by molar-refractivity contribution is 7.62. The predicted molar refractivity (Wildman–Crippen MR) is 144 cm³/mol. The van der Waals surface area contributed by atoms with Gasteiger partial charge in [0.25, 0.3) is 0 Å². The van der Waals surface area contributed by atoms with Crippen LogP contribution in [0.25, 0.3) is 16.9 Å². The van der Waals surface area contributed by atoms with Crippen molar-refractivity contribution >= 4 is 39.8 Å². The largest absolute Gasteiger partial charge is 0.590 e. The average molecular weight is 579 g/mol. The number of aryl methyl sites for hydroxylation is 1. The normalized spacial score (nSPS) is 15.1. The Morgan fingerprint density at radius 1 is 1.15 bits per heavy atom. The third-order valence-corrected chi connectivity index (χ3v) is 8.54. The number of hydrogen-bond acceptors (Lipinski definition) is 7. The van der Waals surface area contributed by atoms with E-state index in [9.17, 15) is 22.5 Å². The number of aliphatic hydroxyl groups excluding tert-OH is 1. The summed E-state index contributed by atoms with van der Waals surface area (Å²) in [6.07, 6.45) is -0.152. The van der Waals surface area contributed by atoms with Crippen LogP contribution in [0.2, 0.25) is 0 Å². The van der Waals surface area contributed by atoms with Crippen LogP contribution in [-0.2, 0) is 29.1 Å². The number of aliphatic hydroxyl groups is 1. The lowest BCUT2D eigenvalue weighted by atomic mass is 9.91. The van der Waals surface area contributed by atoms with Gasteiger partial charge in [-0.15, -0.1) is 13.2 Å². The molecule has 3 aromatic heterocycles. The van der Waals surface area contributed by atoms with Crippen molar-refractivity contribution in [2.45, 2.75) is 45.1 Å². The molecule has 1 aliphatic rings. The fourth-order valence-electron chi connectivity index (χ4n) is 4.92. The summed E-state index contributed by atoms with van der Waals surface area (Å²) in [6.45, 7) is 3.28. The number of aromatic nitrogens is 3. The Kier molecular flexibility index (Phi) is 7.85. The molecule has 1 aliphatic heterocycles. The Bertz CT molecular complexity index is 1460. The number of rotatable bonds is 8. The number of benzene rings is 1. The molecule has 0 unspecified atom stereocenters. The maximum Gasteiger partial charge on any atom is 0.590 e. The predicted octanol–water partition coefficient (Wildman–Crippen LogP) is 5.70. The van der Waals surface area contributed by atoms with Crippen LogP contribution in [0.5, 0.6) is 5.75 Å². The molecule has 0 atom stereocenters. The lowest BCUT2D eigenvalue weighted by molar-refractivity contribution is -0.274. The third-order valence-electron chi connectivity index (χ3n) is 6.85. The third kappa shape index (κ3) is 5.76. The zero-order valence-electron chi connectivity index (χ0n) is 21.3. The van der Waals surface area contributed by atoms with Crippen molar-refractivity contribution in [2.75, 3.05) is 25.0 Å². The second-order valence-electron chi connectivity index (χ2n) is 9.26. The smallest absolute Gasteiger partial charge is 0.406 e. The fourth-order valence-corrected chi connectivity index (χ4v) is 6.18. The average Bonchev–Trinajstić information content (AvgIpc) is 3.53. The number of imidazole rings is 1. The molecule has 1 N–H and O–H groups in total. The van der Waals surface area contributed by atoms with E-state index in [0.29, 0.717) is 45.5 Å². The second kappa shape index (κ2) is 11.2. The highest BCUT2D eigenvalue weighted by atomic mass is 32.2. The quantitative estimate of drug-likeness (QED) is 0.213. The Morgan fingerprint density at radius 2 is 1.87 bits per heavy atom. The van der Waals surface area contributed by atoms with Gasteiger partial charge in [0.2, 0.25) is 0 Å². The van der Waals surface area contributed by atoms with Gasteiger partial charge in [-0.05, 0) is 65.4 Å². The first-order valence-electron chi connectivity index (χ1n) is 12.5. The van der Waals surface area contributed by atoms with E-state index in [1.54, 1.807) is 0 Å². The van der Waals surface area contributed by atoms with Crippen LogP contribution in [-0.4, -0.2) is 50.3 Å². The van der Waals surface area contributed by atoms with Gasteiger partial charge in [-0.3, -0.25) is 4.40 Å². The molecule has 0 radical (unpaired) electrons. The summed E-state index contributed by atoms with van der Waals surface area (Å²) in [5, 5.41) is 10.7. The van der Waals surface area contributed by atoms with E-state index < -0.39 is 6.36 Å². The second-order valence-corrected chi connectivity index (χ2v) is 11.0. The van der Waals surface area contributed by atoms with Crippen molar-refractivity contribution in [3.05, 3.63) is 58.7 Å². The van der Waals surface area contributed by atoms with Crippen molar-refractivity contribution in [1.82, 2.24) is 18.7 Å². The van der Waals surface area contributed by atoms with Crippen LogP contribution in [0, 0.1) is 0 Å². The molecule has 4 heterocycles. The monoisotopic (exact) mass is 578 g/mol. The van der Waals surface area contributed by atoms with Crippen LogP contribution >= 0.6 is 11.3 Å². The number of nitrogens with zero attached hydrogens (tertiary/aromatic N) is 5. The molecule has 0 spiro atoms. The van der Waals surface area contributed by atoms with Gasteiger partial charge in [0.05, 0.1) is 40.2 Å². The van der Waals surface area contributed by atoms with E-state index in [-0.39, 0.29) is 12.4 Å². The number of halogens is 3. The summed E-state index contributed by atoms with van der Waals surface area (Å²) in [7, 11) is 1.89. The van der Waals surface area contributed by atoms with E-state index in [1.165, 1.54) is 41.2 Å². The summed E-state index contributed by atoms with van der Waals surface area (Å²) >= 11 is 1.86. The van der Waals surface area contributed by atoms with Gasteiger partial charge in [-0.2, -0.15) is 0 Å². The molecule has 1 saturated heterocycles. The zero-order chi connectivity index (χ0) is 27.7. The van der Waals surface area contributed by atoms with Gasteiger partial charge in [0, 0.05) is 18.8 Å². The summed E-state index contributed by atoms with van der Waals surface area (Å²) in [6, 6.07) is 9.56. The minimum atomic E-state index is -4.77. The number of piperidine rings is 1. The summed E-state index contributed by atoms with van der Waals surface area (Å²) in [4.78, 5) is 12.1. The molecule has 0 aliphatic carbocycles. The SMILES string of the molecule is CCc1nc2ccc(C3CCN([S+]=O)CC3)cn2c1N(C)c1nc(-c2ccc(OC(F)(F)F)cc2)c(CO)s1. The molecule has 1 fully saturated rings. The highest BCUT2D eigenvalue weighted by Crippen LogP contribution is 2.38. The first kappa shape index (κ1) is 27.4. The van der Waals surface area contributed by atoms with E-state index in [1.807, 2.05) is 29.2 Å². The number of pyridine rings is 1. The van der Waals surface area contributed by atoms with Crippen LogP contribution in [0.4, 0.5) is 24.1 Å². The summed E-state index contributed by atoms with van der Waals surface area (Å²) in [5.74, 6) is 0.886. The minimum absolute atomic E-state index is 0.264. The molecular weight excluding hydrogens is 551 g/mol. The Labute approximate surface area is 231 Å². The molecule has 206 valence electrons. The molecule has 1 aromatic carbocycles. The zero-order valence-corrected chi connectivity index (χ0v) is 22.9. The molecule has 0 bridgehead atoms. The number of thiazole rings is 1. The molecule has 13 heteroatoms. The first-order chi connectivity index (χ1) is 18.7. The van der Waals surface area contributed by atoms with E-state index in [4.69, 9.17) is 9.97 Å². The molecule has 0 saturated carbocycles. The molecular formula is C26H27F3N5O3S2+. The van der Waals surface area contributed by atoms with E-state index in [2.05, 4.69) is 21.4 Å². The number of alkyl halides is 3. The van der Waals surface area contributed by atoms with Crippen molar-refractivity contribution in [3.8, 4) is 17.0 Å². The van der Waals surface area contributed by atoms with Gasteiger partial charge in [0.15, 0.2) is 5.13 Å². The molecule has 4 aromatic rings. The van der Waals surface area contributed by atoms with Crippen LogP contribution in [0.3, 0.4) is 0 Å². The molecule has 5 rings (SSSR count). The van der Waals surface area contributed by atoms with Crippen molar-refractivity contribution in [3.63, 3.8) is 0 Å². The Morgan fingerprint density at radius 3 is 2.49 bits per heavy atom. The van der Waals surface area contributed by atoms with Gasteiger partial charge in [-0.1, -0.05) is 24.3 Å². The van der Waals surface area contributed by atoms with Gasteiger partial charge >= 0.3 is 18.2 Å². The van der Waals surface area contributed by atoms with E-state index in [0.717, 1.165) is 43.1 Å². The number of fused-ring (bicyclic) bond motifs is 1. The van der Waals surface area contributed by atoms with Crippen molar-refractivity contribution in [2.24, 2.45) is 0 Å². The van der Waals surface area contributed by atoms with Gasteiger partial charge in [-0.25, -0.2) is 9.97 Å². The lowest BCUT2D eigenvalue weighted by Gasteiger charge is -2.23. The van der Waals surface area contributed by atoms with Gasteiger partial charge < -0.3 is 14.7 Å². The maximum absolute atomic E-state index is 12.6. The summed E-state index contributed by atoms with van der Waals surface area (Å²) < 4.78 is 56.7. The Balaban J connectivity index is 1.48.